The van der Waals surface area contributed by atoms with Gasteiger partial charge < -0.3 is 5.11 Å². The summed E-state index contributed by atoms with van der Waals surface area (Å²) in [5.41, 5.74) is 1.74. The molecule has 1 aromatic heterocycles. The molecule has 2 N–H and O–H groups in total. The van der Waals surface area contributed by atoms with Crippen LogP contribution in [0.25, 0.3) is 0 Å². The van der Waals surface area contributed by atoms with Gasteiger partial charge in [-0.05, 0) is 26.7 Å². The number of nitrogens with one attached hydrogen (secondary N) is 1. The van der Waals surface area contributed by atoms with Gasteiger partial charge in [-0.2, -0.15) is 0 Å². The third-order valence-corrected chi connectivity index (χ3v) is 2.83. The second-order valence-electron chi connectivity index (χ2n) is 4.10. The van der Waals surface area contributed by atoms with E-state index in [9.17, 15) is 9.59 Å². The number of hydrogen-bond donors (Lipinski definition) is 2. The molecule has 6 heteroatoms. The SMILES string of the molecule is CC(C)=CC(=O)Nc1nc(CCCC(=O)O)cs1. The maximum atomic E-state index is 11.4. The van der Waals surface area contributed by atoms with E-state index in [-0.39, 0.29) is 12.3 Å². The van der Waals surface area contributed by atoms with Crippen molar-refractivity contribution in [2.75, 3.05) is 5.32 Å². The molecule has 18 heavy (non-hydrogen) atoms. The Morgan fingerprint density at radius 2 is 2.22 bits per heavy atom. The van der Waals surface area contributed by atoms with Crippen molar-refractivity contribution in [2.24, 2.45) is 0 Å². The Labute approximate surface area is 110 Å². The van der Waals surface area contributed by atoms with Gasteiger partial charge in [-0.25, -0.2) is 4.98 Å². The molecule has 0 fully saturated rings. The van der Waals surface area contributed by atoms with Gasteiger partial charge in [0.15, 0.2) is 5.13 Å². The van der Waals surface area contributed by atoms with Gasteiger partial charge in [-0.3, -0.25) is 14.9 Å². The Bertz CT molecular complexity index is 462. The van der Waals surface area contributed by atoms with Gasteiger partial charge in [0.05, 0.1) is 5.69 Å². The summed E-state index contributed by atoms with van der Waals surface area (Å²) in [6.07, 6.45) is 2.81. The Hall–Kier alpha value is -1.69. The highest BCUT2D eigenvalue weighted by atomic mass is 32.1. The first kappa shape index (κ1) is 14.4. The van der Waals surface area contributed by atoms with Crippen LogP contribution in [-0.2, 0) is 16.0 Å². The van der Waals surface area contributed by atoms with Crippen LogP contribution in [0.3, 0.4) is 0 Å². The maximum absolute atomic E-state index is 11.4. The van der Waals surface area contributed by atoms with Crippen LogP contribution in [-0.4, -0.2) is 22.0 Å². The second-order valence-corrected chi connectivity index (χ2v) is 4.96. The lowest BCUT2D eigenvalue weighted by Gasteiger charge is -1.97. The van der Waals surface area contributed by atoms with Crippen molar-refractivity contribution in [3.63, 3.8) is 0 Å². The number of anilines is 1. The van der Waals surface area contributed by atoms with Crippen LogP contribution in [0, 0.1) is 0 Å². The third-order valence-electron chi connectivity index (χ3n) is 2.03. The maximum Gasteiger partial charge on any atom is 0.303 e. The molecular weight excluding hydrogens is 252 g/mol. The summed E-state index contributed by atoms with van der Waals surface area (Å²) in [5.74, 6) is -0.997. The number of thiazole rings is 1. The van der Waals surface area contributed by atoms with Gasteiger partial charge in [0.25, 0.3) is 0 Å². The van der Waals surface area contributed by atoms with E-state index in [0.29, 0.717) is 18.0 Å². The van der Waals surface area contributed by atoms with Crippen molar-refractivity contribution >= 4 is 28.3 Å². The zero-order valence-electron chi connectivity index (χ0n) is 10.4. The third kappa shape index (κ3) is 5.58. The number of rotatable bonds is 6. The first-order valence-electron chi connectivity index (χ1n) is 5.59. The first-order chi connectivity index (χ1) is 8.47. The number of aromatic nitrogens is 1. The van der Waals surface area contributed by atoms with Crippen molar-refractivity contribution in [2.45, 2.75) is 33.1 Å². The predicted molar refractivity (Wildman–Crippen MR) is 70.7 cm³/mol. The molecule has 0 radical (unpaired) electrons. The molecule has 0 unspecified atom stereocenters. The number of carboxylic acids is 1. The number of nitrogens with zero attached hydrogens (tertiary/aromatic N) is 1. The minimum absolute atomic E-state index is 0.136. The van der Waals surface area contributed by atoms with Crippen LogP contribution in [0.4, 0.5) is 5.13 Å². The van der Waals surface area contributed by atoms with E-state index in [0.717, 1.165) is 11.3 Å². The van der Waals surface area contributed by atoms with Gasteiger partial charge in [0.2, 0.25) is 5.91 Å². The Morgan fingerprint density at radius 1 is 1.50 bits per heavy atom. The lowest BCUT2D eigenvalue weighted by atomic mass is 10.2. The van der Waals surface area contributed by atoms with Crippen LogP contribution in [0.5, 0.6) is 0 Å². The largest absolute Gasteiger partial charge is 0.481 e. The van der Waals surface area contributed by atoms with Crippen LogP contribution in [0.2, 0.25) is 0 Å². The van der Waals surface area contributed by atoms with E-state index < -0.39 is 5.97 Å². The highest BCUT2D eigenvalue weighted by Gasteiger charge is 2.05. The molecule has 5 nitrogen and oxygen atoms in total. The number of carbonyl (C=O) groups excluding carboxylic acids is 1. The Kier molecular flexibility index (Phi) is 5.51. The standard InChI is InChI=1S/C12H16N2O3S/c1-8(2)6-10(15)14-12-13-9(7-18-12)4-3-5-11(16)17/h6-7H,3-5H2,1-2H3,(H,16,17)(H,13,14,15). The monoisotopic (exact) mass is 268 g/mol. The molecule has 1 aromatic rings. The molecule has 0 aromatic carbocycles. The summed E-state index contributed by atoms with van der Waals surface area (Å²) in [4.78, 5) is 26.0. The summed E-state index contributed by atoms with van der Waals surface area (Å²) < 4.78 is 0. The van der Waals surface area contributed by atoms with Gasteiger partial charge in [0, 0.05) is 17.9 Å². The molecule has 0 spiro atoms. The van der Waals surface area contributed by atoms with E-state index in [1.807, 2.05) is 19.2 Å². The van der Waals surface area contributed by atoms with Crippen molar-refractivity contribution in [3.8, 4) is 0 Å². The fourth-order valence-electron chi connectivity index (χ4n) is 1.30. The van der Waals surface area contributed by atoms with Crippen molar-refractivity contribution in [1.82, 2.24) is 4.98 Å². The molecule has 0 aliphatic carbocycles. The number of aliphatic carboxylic acids is 1. The fourth-order valence-corrected chi connectivity index (χ4v) is 2.05. The summed E-state index contributed by atoms with van der Waals surface area (Å²) in [5, 5.41) is 13.6. The van der Waals surface area contributed by atoms with E-state index in [4.69, 9.17) is 5.11 Å². The van der Waals surface area contributed by atoms with Gasteiger partial charge >= 0.3 is 5.97 Å². The summed E-state index contributed by atoms with van der Waals surface area (Å²) in [6, 6.07) is 0. The Morgan fingerprint density at radius 3 is 2.83 bits per heavy atom. The number of carboxylic acid groups (broad SMARTS) is 1. The second kappa shape index (κ2) is 6.90. The van der Waals surface area contributed by atoms with Crippen LogP contribution in [0.15, 0.2) is 17.0 Å². The van der Waals surface area contributed by atoms with E-state index in [1.165, 1.54) is 17.4 Å². The molecule has 0 aliphatic rings. The fraction of sp³-hybridized carbons (Fsp3) is 0.417. The number of aryl methyl sites for hydroxylation is 1. The highest BCUT2D eigenvalue weighted by Crippen LogP contribution is 2.17. The van der Waals surface area contributed by atoms with Gasteiger partial charge in [-0.1, -0.05) is 5.57 Å². The zero-order valence-corrected chi connectivity index (χ0v) is 11.2. The molecule has 0 saturated carbocycles. The minimum atomic E-state index is -0.803. The number of allylic oxidation sites excluding steroid dienone is 1. The van der Waals surface area contributed by atoms with Gasteiger partial charge in [-0.15, -0.1) is 11.3 Å². The minimum Gasteiger partial charge on any atom is -0.481 e. The van der Waals surface area contributed by atoms with Crippen molar-refractivity contribution in [1.29, 1.82) is 0 Å². The molecule has 98 valence electrons. The number of amides is 1. The van der Waals surface area contributed by atoms with E-state index >= 15 is 0 Å². The molecule has 1 amide bonds. The smallest absolute Gasteiger partial charge is 0.303 e. The average Bonchev–Trinajstić information content (AvgIpc) is 2.63. The number of hydrogen-bond acceptors (Lipinski definition) is 4. The zero-order chi connectivity index (χ0) is 13.5. The molecular formula is C12H16N2O3S. The van der Waals surface area contributed by atoms with Crippen LogP contribution >= 0.6 is 11.3 Å². The average molecular weight is 268 g/mol. The van der Waals surface area contributed by atoms with E-state index in [1.54, 1.807) is 0 Å². The Balaban J connectivity index is 2.45. The molecule has 0 bridgehead atoms. The topological polar surface area (TPSA) is 79.3 Å². The quantitative estimate of drug-likeness (QED) is 0.777. The van der Waals surface area contributed by atoms with Crippen molar-refractivity contribution in [3.05, 3.63) is 22.7 Å². The van der Waals surface area contributed by atoms with Crippen LogP contribution in [0.1, 0.15) is 32.4 Å². The lowest BCUT2D eigenvalue weighted by molar-refractivity contribution is -0.137. The normalized spacial score (nSPS) is 9.89. The first-order valence-corrected chi connectivity index (χ1v) is 6.47. The molecule has 1 rings (SSSR count). The van der Waals surface area contributed by atoms with Gasteiger partial charge in [0.1, 0.15) is 0 Å². The molecule has 0 atom stereocenters. The lowest BCUT2D eigenvalue weighted by Crippen LogP contribution is -2.08. The van der Waals surface area contributed by atoms with Crippen LogP contribution < -0.4 is 5.32 Å². The summed E-state index contributed by atoms with van der Waals surface area (Å²) in [6.45, 7) is 3.69. The molecule has 0 saturated heterocycles. The highest BCUT2D eigenvalue weighted by molar-refractivity contribution is 7.13. The molecule has 1 heterocycles. The summed E-state index contributed by atoms with van der Waals surface area (Å²) >= 11 is 1.34. The molecule has 0 aliphatic heterocycles. The van der Waals surface area contributed by atoms with E-state index in [2.05, 4.69) is 10.3 Å². The number of carbonyl (C=O) groups is 2. The summed E-state index contributed by atoms with van der Waals surface area (Å²) in [7, 11) is 0. The van der Waals surface area contributed by atoms with Crippen molar-refractivity contribution < 1.29 is 14.7 Å². The predicted octanol–water partition coefficient (Wildman–Crippen LogP) is 2.46.